The molecule has 2 aromatic carbocycles. The molecule has 33 heavy (non-hydrogen) atoms. The number of para-hydroxylation sites is 1. The molecule has 1 aromatic heterocycles. The summed E-state index contributed by atoms with van der Waals surface area (Å²) in [6, 6.07) is 12.9. The van der Waals surface area contributed by atoms with Crippen molar-refractivity contribution in [3.63, 3.8) is 0 Å². The van der Waals surface area contributed by atoms with Gasteiger partial charge >= 0.3 is 0 Å². The van der Waals surface area contributed by atoms with Gasteiger partial charge in [0, 0.05) is 20.1 Å². The van der Waals surface area contributed by atoms with E-state index in [1.165, 1.54) is 0 Å². The molecule has 176 valence electrons. The van der Waals surface area contributed by atoms with E-state index in [0.29, 0.717) is 36.3 Å². The van der Waals surface area contributed by atoms with E-state index in [0.717, 1.165) is 36.1 Å². The number of carbonyl (C=O) groups is 1. The highest BCUT2D eigenvalue weighted by Gasteiger charge is 2.26. The monoisotopic (exact) mass is 449 g/mol. The van der Waals surface area contributed by atoms with Crippen molar-refractivity contribution in [2.24, 2.45) is 0 Å². The molecule has 0 saturated carbocycles. The number of benzene rings is 2. The van der Waals surface area contributed by atoms with Crippen LogP contribution in [0.5, 0.6) is 0 Å². The van der Waals surface area contributed by atoms with Gasteiger partial charge in [-0.15, -0.1) is 0 Å². The summed E-state index contributed by atoms with van der Waals surface area (Å²) in [5.74, 6) is 0.615. The van der Waals surface area contributed by atoms with Gasteiger partial charge in [-0.05, 0) is 62.6 Å². The van der Waals surface area contributed by atoms with Crippen molar-refractivity contribution in [2.45, 2.75) is 59.4 Å². The number of unbranched alkanes of at least 4 members (excludes halogenated alkanes) is 2. The van der Waals surface area contributed by atoms with Crippen LogP contribution in [0, 0.1) is 13.8 Å². The third kappa shape index (κ3) is 5.50. The first kappa shape index (κ1) is 24.6. The maximum atomic E-state index is 13.7. The number of rotatable bonds is 10. The Hall–Kier alpha value is -2.99. The Balaban J connectivity index is 2.16. The number of carbonyl (C=O) groups excluding carboxylic acids is 1. The third-order valence-electron chi connectivity index (χ3n) is 6.24. The van der Waals surface area contributed by atoms with Gasteiger partial charge in [-0.25, -0.2) is 4.98 Å². The van der Waals surface area contributed by atoms with Crippen LogP contribution in [-0.4, -0.2) is 40.6 Å². The molecule has 0 saturated heterocycles. The van der Waals surface area contributed by atoms with E-state index in [2.05, 4.69) is 6.92 Å². The summed E-state index contributed by atoms with van der Waals surface area (Å²) >= 11 is 0. The van der Waals surface area contributed by atoms with Crippen LogP contribution in [0.15, 0.2) is 47.3 Å². The minimum Gasteiger partial charge on any atom is -0.383 e. The Morgan fingerprint density at radius 3 is 2.58 bits per heavy atom. The van der Waals surface area contributed by atoms with Gasteiger partial charge in [-0.3, -0.25) is 14.2 Å². The van der Waals surface area contributed by atoms with Crippen LogP contribution in [0.2, 0.25) is 0 Å². The van der Waals surface area contributed by atoms with E-state index < -0.39 is 6.04 Å². The number of hydrogen-bond donors (Lipinski definition) is 0. The predicted octanol–water partition coefficient (Wildman–Crippen LogP) is 5.12. The molecule has 0 bridgehead atoms. The molecule has 1 atom stereocenters. The second kappa shape index (κ2) is 11.2. The Bertz CT molecular complexity index is 1170. The summed E-state index contributed by atoms with van der Waals surface area (Å²) in [7, 11) is 1.63. The lowest BCUT2D eigenvalue weighted by atomic mass is 10.1. The molecule has 6 heteroatoms. The normalized spacial score (nSPS) is 12.2. The van der Waals surface area contributed by atoms with Crippen molar-refractivity contribution < 1.29 is 9.53 Å². The van der Waals surface area contributed by atoms with E-state index in [4.69, 9.17) is 9.72 Å². The maximum absolute atomic E-state index is 13.7. The second-order valence-electron chi connectivity index (χ2n) is 8.61. The highest BCUT2D eigenvalue weighted by Crippen LogP contribution is 2.25. The first-order valence-corrected chi connectivity index (χ1v) is 11.8. The molecule has 0 aliphatic rings. The van der Waals surface area contributed by atoms with Crippen LogP contribution < -0.4 is 5.56 Å². The van der Waals surface area contributed by atoms with Gasteiger partial charge in [0.15, 0.2) is 0 Å². The number of methoxy groups -OCH3 is 1. The number of amides is 1. The van der Waals surface area contributed by atoms with Gasteiger partial charge in [0.05, 0.1) is 29.2 Å². The van der Waals surface area contributed by atoms with E-state index in [1.807, 2.05) is 57.2 Å². The highest BCUT2D eigenvalue weighted by molar-refractivity contribution is 5.79. The molecule has 1 unspecified atom stereocenters. The topological polar surface area (TPSA) is 64.4 Å². The Labute approximate surface area is 196 Å². The average molecular weight is 450 g/mol. The molecule has 0 aliphatic heterocycles. The van der Waals surface area contributed by atoms with Crippen LogP contribution in [0.25, 0.3) is 16.6 Å². The lowest BCUT2D eigenvalue weighted by Gasteiger charge is -2.30. The first-order valence-electron chi connectivity index (χ1n) is 11.8. The fraction of sp³-hybridized carbons (Fsp3) is 0.444. The number of ether oxygens (including phenoxy) is 1. The highest BCUT2D eigenvalue weighted by atomic mass is 16.5. The maximum Gasteiger partial charge on any atom is 0.266 e. The molecule has 1 amide bonds. The fourth-order valence-electron chi connectivity index (χ4n) is 4.08. The van der Waals surface area contributed by atoms with Gasteiger partial charge in [0.25, 0.3) is 5.56 Å². The zero-order valence-electron chi connectivity index (χ0n) is 20.4. The van der Waals surface area contributed by atoms with Crippen molar-refractivity contribution in [3.8, 4) is 5.69 Å². The summed E-state index contributed by atoms with van der Waals surface area (Å²) in [5.41, 5.74) is 3.51. The Morgan fingerprint density at radius 2 is 1.88 bits per heavy atom. The molecule has 1 heterocycles. The molecule has 3 rings (SSSR count). The standard InChI is InChI=1S/C27H35N3O3/c1-6-7-8-13-25(31)29(16-17-33-5)21(4)26-28-24-12-10-9-11-23(24)27(32)30(26)22-15-14-19(2)20(3)18-22/h9-12,14-15,18,21H,6-8,13,16-17H2,1-5H3. The summed E-state index contributed by atoms with van der Waals surface area (Å²) in [6.07, 6.45) is 3.39. The number of aryl methyl sites for hydroxylation is 2. The number of nitrogens with zero attached hydrogens (tertiary/aromatic N) is 3. The minimum absolute atomic E-state index is 0.0574. The largest absolute Gasteiger partial charge is 0.383 e. The zero-order chi connectivity index (χ0) is 24.0. The molecule has 0 aliphatic carbocycles. The van der Waals surface area contributed by atoms with Crippen LogP contribution >= 0.6 is 0 Å². The first-order chi connectivity index (χ1) is 15.9. The zero-order valence-corrected chi connectivity index (χ0v) is 20.4. The van der Waals surface area contributed by atoms with Crippen molar-refractivity contribution in [3.05, 3.63) is 69.8 Å². The third-order valence-corrected chi connectivity index (χ3v) is 6.24. The van der Waals surface area contributed by atoms with E-state index in [9.17, 15) is 9.59 Å². The fourth-order valence-corrected chi connectivity index (χ4v) is 4.08. The second-order valence-corrected chi connectivity index (χ2v) is 8.61. The molecule has 0 fully saturated rings. The van der Waals surface area contributed by atoms with Gasteiger partial charge in [-0.2, -0.15) is 0 Å². The van der Waals surface area contributed by atoms with Gasteiger partial charge in [-0.1, -0.05) is 38.0 Å². The predicted molar refractivity (Wildman–Crippen MR) is 133 cm³/mol. The molecule has 0 N–H and O–H groups in total. The smallest absolute Gasteiger partial charge is 0.266 e. The van der Waals surface area contributed by atoms with Gasteiger partial charge in [0.2, 0.25) is 5.91 Å². The van der Waals surface area contributed by atoms with Crippen molar-refractivity contribution in [1.29, 1.82) is 0 Å². The van der Waals surface area contributed by atoms with Crippen LogP contribution in [0.1, 0.15) is 62.5 Å². The Morgan fingerprint density at radius 1 is 1.12 bits per heavy atom. The quantitative estimate of drug-likeness (QED) is 0.403. The SMILES string of the molecule is CCCCCC(=O)N(CCOC)C(C)c1nc2ccccc2c(=O)n1-c1ccc(C)c(C)c1. The average Bonchev–Trinajstić information content (AvgIpc) is 2.81. The Kier molecular flexibility index (Phi) is 8.39. The van der Waals surface area contributed by atoms with Crippen LogP contribution in [0.3, 0.4) is 0 Å². The molecule has 0 radical (unpaired) electrons. The van der Waals surface area contributed by atoms with Crippen molar-refractivity contribution >= 4 is 16.8 Å². The lowest BCUT2D eigenvalue weighted by molar-refractivity contribution is -0.134. The summed E-state index contributed by atoms with van der Waals surface area (Å²) in [5, 5.41) is 0.560. The summed E-state index contributed by atoms with van der Waals surface area (Å²) in [6.45, 7) is 9.01. The van der Waals surface area contributed by atoms with Gasteiger partial charge in [0.1, 0.15) is 5.82 Å². The molecular weight excluding hydrogens is 414 g/mol. The lowest BCUT2D eigenvalue weighted by Crippen LogP contribution is -2.39. The van der Waals surface area contributed by atoms with Crippen LogP contribution in [-0.2, 0) is 9.53 Å². The molecule has 0 spiro atoms. The van der Waals surface area contributed by atoms with Crippen molar-refractivity contribution in [1.82, 2.24) is 14.5 Å². The molecular formula is C27H35N3O3. The van der Waals surface area contributed by atoms with E-state index >= 15 is 0 Å². The summed E-state index contributed by atoms with van der Waals surface area (Å²) < 4.78 is 6.95. The van der Waals surface area contributed by atoms with Crippen LogP contribution in [0.4, 0.5) is 0 Å². The molecule has 6 nitrogen and oxygen atoms in total. The minimum atomic E-state index is -0.395. The number of fused-ring (bicyclic) bond motifs is 1. The number of hydrogen-bond acceptors (Lipinski definition) is 4. The summed E-state index contributed by atoms with van der Waals surface area (Å²) in [4.78, 5) is 33.6. The van der Waals surface area contributed by atoms with Crippen molar-refractivity contribution in [2.75, 3.05) is 20.3 Å². The van der Waals surface area contributed by atoms with E-state index in [-0.39, 0.29) is 11.5 Å². The number of aromatic nitrogens is 2. The van der Waals surface area contributed by atoms with E-state index in [1.54, 1.807) is 22.6 Å². The van der Waals surface area contributed by atoms with Gasteiger partial charge < -0.3 is 9.64 Å². The molecule has 3 aromatic rings.